The molecule has 0 aromatic carbocycles. The molecule has 0 aromatic rings. The molecule has 0 atom stereocenters. The van der Waals surface area contributed by atoms with Crippen molar-refractivity contribution in [1.82, 2.24) is 0 Å². The summed E-state index contributed by atoms with van der Waals surface area (Å²) in [6.07, 6.45) is 32.0. The van der Waals surface area contributed by atoms with Crippen LogP contribution >= 0.6 is 0 Å². The number of unbranched alkanes of at least 4 members (excludes halogenated alkanes) is 12. The molecule has 125 valence electrons. The van der Waals surface area contributed by atoms with Crippen LogP contribution in [0.3, 0.4) is 0 Å². The van der Waals surface area contributed by atoms with Gasteiger partial charge in [-0.25, -0.2) is 0 Å². The van der Waals surface area contributed by atoms with Gasteiger partial charge in [-0.2, -0.15) is 0 Å². The van der Waals surface area contributed by atoms with Crippen molar-refractivity contribution in [3.63, 3.8) is 0 Å². The summed E-state index contributed by atoms with van der Waals surface area (Å²) >= 11 is 0. The van der Waals surface area contributed by atoms with E-state index in [9.17, 15) is 0 Å². The molecule has 0 spiro atoms. The van der Waals surface area contributed by atoms with Gasteiger partial charge in [0, 0.05) is 0 Å². The first-order valence-electron chi connectivity index (χ1n) is 9.45. The van der Waals surface area contributed by atoms with Gasteiger partial charge in [-0.3, -0.25) is 0 Å². The second-order valence-corrected chi connectivity index (χ2v) is 6.07. The van der Waals surface area contributed by atoms with Gasteiger partial charge >= 0.3 is 0 Å². The van der Waals surface area contributed by atoms with E-state index in [0.717, 1.165) is 0 Å². The van der Waals surface area contributed by atoms with Crippen LogP contribution in [0, 0.1) is 6.58 Å². The third-order valence-corrected chi connectivity index (χ3v) is 3.92. The molecule has 0 saturated heterocycles. The molecular formula is C22H37. The molecule has 1 radical (unpaired) electrons. The van der Waals surface area contributed by atoms with Gasteiger partial charge in [-0.1, -0.05) is 127 Å². The first-order chi connectivity index (χ1) is 10.9. The number of rotatable bonds is 16. The molecule has 0 saturated carbocycles. The van der Waals surface area contributed by atoms with E-state index in [0.29, 0.717) is 0 Å². The van der Waals surface area contributed by atoms with E-state index < -0.39 is 0 Å². The lowest BCUT2D eigenvalue weighted by molar-refractivity contribution is 0.545. The fourth-order valence-electron chi connectivity index (χ4n) is 2.53. The van der Waals surface area contributed by atoms with Gasteiger partial charge < -0.3 is 0 Å². The third kappa shape index (κ3) is 19.0. The van der Waals surface area contributed by atoms with Gasteiger partial charge in [-0.15, -0.1) is 0 Å². The lowest BCUT2D eigenvalue weighted by Crippen LogP contribution is -1.82. The van der Waals surface area contributed by atoms with Crippen LogP contribution in [-0.2, 0) is 0 Å². The average Bonchev–Trinajstić information content (AvgIpc) is 2.54. The Morgan fingerprint density at radius 2 is 1.00 bits per heavy atom. The topological polar surface area (TPSA) is 0 Å². The van der Waals surface area contributed by atoms with E-state index in [2.05, 4.69) is 25.2 Å². The van der Waals surface area contributed by atoms with Crippen LogP contribution in [0.4, 0.5) is 0 Å². The van der Waals surface area contributed by atoms with Gasteiger partial charge in [0.15, 0.2) is 0 Å². The summed E-state index contributed by atoms with van der Waals surface area (Å²) in [7, 11) is 0. The molecule has 0 aliphatic carbocycles. The Morgan fingerprint density at radius 1 is 0.545 bits per heavy atom. The van der Waals surface area contributed by atoms with Crippen LogP contribution < -0.4 is 0 Å². The molecule has 0 aliphatic heterocycles. The van der Waals surface area contributed by atoms with Gasteiger partial charge in [0.2, 0.25) is 0 Å². The highest BCUT2D eigenvalue weighted by Gasteiger charge is 1.92. The van der Waals surface area contributed by atoms with Crippen molar-refractivity contribution in [3.8, 4) is 0 Å². The summed E-state index contributed by atoms with van der Waals surface area (Å²) in [5.74, 6) is 0. The molecule has 22 heavy (non-hydrogen) atoms. The minimum Gasteiger partial charge on any atom is -0.0845 e. The zero-order valence-corrected chi connectivity index (χ0v) is 14.8. The summed E-state index contributed by atoms with van der Waals surface area (Å²) in [4.78, 5) is 0. The molecule has 0 unspecified atom stereocenters. The fraction of sp³-hybridized carbons (Fsp3) is 0.636. The van der Waals surface area contributed by atoms with Crippen LogP contribution in [-0.4, -0.2) is 0 Å². The van der Waals surface area contributed by atoms with E-state index in [1.807, 2.05) is 18.2 Å². The van der Waals surface area contributed by atoms with Crippen LogP contribution in [0.1, 0.15) is 90.4 Å². The molecular weight excluding hydrogens is 264 g/mol. The molecule has 0 aromatic heterocycles. The van der Waals surface area contributed by atoms with Crippen LogP contribution in [0.15, 0.2) is 42.5 Å². The second-order valence-electron chi connectivity index (χ2n) is 6.07. The molecule has 0 rings (SSSR count). The highest BCUT2D eigenvalue weighted by molar-refractivity contribution is 5.13. The maximum Gasteiger partial charge on any atom is -0.0348 e. The van der Waals surface area contributed by atoms with Gasteiger partial charge in [0.05, 0.1) is 0 Å². The summed E-state index contributed by atoms with van der Waals surface area (Å²) in [5, 5.41) is 0. The average molecular weight is 302 g/mol. The molecule has 0 heterocycles. The monoisotopic (exact) mass is 301 g/mol. The Labute approximate surface area is 140 Å². The Bertz CT molecular complexity index is 293. The zero-order chi connectivity index (χ0) is 16.1. The lowest BCUT2D eigenvalue weighted by atomic mass is 10.0. The number of hydrogen-bond donors (Lipinski definition) is 0. The minimum absolute atomic E-state index is 1.20. The first-order valence-corrected chi connectivity index (χ1v) is 9.45. The summed E-state index contributed by atoms with van der Waals surface area (Å²) in [6, 6.07) is 0. The Balaban J connectivity index is 3.14. The Hall–Kier alpha value is -1.04. The fourth-order valence-corrected chi connectivity index (χ4v) is 2.53. The Kier molecular flexibility index (Phi) is 19.0. The van der Waals surface area contributed by atoms with Gasteiger partial charge in [0.25, 0.3) is 0 Å². The van der Waals surface area contributed by atoms with Crippen molar-refractivity contribution in [1.29, 1.82) is 0 Å². The third-order valence-electron chi connectivity index (χ3n) is 3.92. The van der Waals surface area contributed by atoms with Crippen molar-refractivity contribution in [3.05, 3.63) is 49.1 Å². The first kappa shape index (κ1) is 21.0. The summed E-state index contributed by atoms with van der Waals surface area (Å²) in [6.45, 7) is 7.52. The molecule has 0 heteroatoms. The molecule has 0 amide bonds. The molecule has 0 bridgehead atoms. The standard InChI is InChI=1S/C22H37/c1-3-5-7-9-11-13-15-17-19-21-22-20-18-16-14-12-10-8-6-4-2/h1,3,5,7,9,11,13,15H,4,6,8,10,12,14,16-22H2,2H3. The SMILES string of the molecule is [CH]=CC=CC=CC=CCCCCCCCCCCCCCC. The second kappa shape index (κ2) is 20.0. The molecule has 0 fully saturated rings. The zero-order valence-electron chi connectivity index (χ0n) is 14.8. The van der Waals surface area contributed by atoms with Crippen LogP contribution in [0.25, 0.3) is 0 Å². The van der Waals surface area contributed by atoms with Gasteiger partial charge in [0.1, 0.15) is 0 Å². The van der Waals surface area contributed by atoms with Crippen molar-refractivity contribution in [2.45, 2.75) is 90.4 Å². The van der Waals surface area contributed by atoms with Crippen molar-refractivity contribution < 1.29 is 0 Å². The molecule has 0 nitrogen and oxygen atoms in total. The van der Waals surface area contributed by atoms with Crippen molar-refractivity contribution in [2.75, 3.05) is 0 Å². The summed E-state index contributed by atoms with van der Waals surface area (Å²) in [5.41, 5.74) is 0. The summed E-state index contributed by atoms with van der Waals surface area (Å²) < 4.78 is 0. The maximum atomic E-state index is 5.24. The van der Waals surface area contributed by atoms with Crippen LogP contribution in [0.5, 0.6) is 0 Å². The smallest absolute Gasteiger partial charge is 0.0348 e. The molecule has 0 aliphatic rings. The predicted molar refractivity (Wildman–Crippen MR) is 102 cm³/mol. The van der Waals surface area contributed by atoms with E-state index in [1.54, 1.807) is 6.08 Å². The lowest BCUT2D eigenvalue weighted by Gasteiger charge is -2.02. The van der Waals surface area contributed by atoms with Crippen molar-refractivity contribution >= 4 is 0 Å². The predicted octanol–water partition coefficient (Wildman–Crippen LogP) is 7.74. The highest BCUT2D eigenvalue weighted by Crippen LogP contribution is 2.12. The quantitative estimate of drug-likeness (QED) is 0.202. The van der Waals surface area contributed by atoms with E-state index in [4.69, 9.17) is 6.58 Å². The molecule has 0 N–H and O–H groups in total. The minimum atomic E-state index is 1.20. The van der Waals surface area contributed by atoms with Crippen LogP contribution in [0.2, 0.25) is 0 Å². The van der Waals surface area contributed by atoms with E-state index in [-0.39, 0.29) is 0 Å². The van der Waals surface area contributed by atoms with E-state index >= 15 is 0 Å². The highest BCUT2D eigenvalue weighted by atomic mass is 14.0. The number of hydrogen-bond acceptors (Lipinski definition) is 0. The number of allylic oxidation sites excluding steroid dienone is 7. The van der Waals surface area contributed by atoms with Crippen molar-refractivity contribution in [2.24, 2.45) is 0 Å². The normalized spacial score (nSPS) is 12.0. The van der Waals surface area contributed by atoms with Gasteiger partial charge in [-0.05, 0) is 12.8 Å². The largest absolute Gasteiger partial charge is 0.0845 e. The maximum absolute atomic E-state index is 5.24. The van der Waals surface area contributed by atoms with E-state index in [1.165, 1.54) is 83.5 Å². The Morgan fingerprint density at radius 3 is 1.55 bits per heavy atom.